The van der Waals surface area contributed by atoms with E-state index >= 15 is 0 Å². The summed E-state index contributed by atoms with van der Waals surface area (Å²) in [6, 6.07) is 9.97. The molecule has 2 rings (SSSR count). The lowest BCUT2D eigenvalue weighted by atomic mass is 10.1. The third kappa shape index (κ3) is 3.74. The van der Waals surface area contributed by atoms with Gasteiger partial charge in [-0.05, 0) is 46.3 Å². The van der Waals surface area contributed by atoms with Gasteiger partial charge in [0.2, 0.25) is 0 Å². The topological polar surface area (TPSA) is 35.2 Å². The number of thiocarbonyl (C=S) groups is 1. The van der Waals surface area contributed by atoms with Crippen LogP contribution in [-0.2, 0) is 6.18 Å². The molecule has 0 aliphatic carbocycles. The van der Waals surface area contributed by atoms with Gasteiger partial charge in [-0.3, -0.25) is 0 Å². The second kappa shape index (κ2) is 6.03. The van der Waals surface area contributed by atoms with Crippen LogP contribution in [0.25, 0.3) is 0 Å². The van der Waals surface area contributed by atoms with Crippen LogP contribution in [0.1, 0.15) is 11.1 Å². The molecule has 0 saturated carbocycles. The summed E-state index contributed by atoms with van der Waals surface area (Å²) in [5.41, 5.74) is 4.70. The van der Waals surface area contributed by atoms with Gasteiger partial charge in [0.15, 0.2) is 0 Å². The van der Waals surface area contributed by atoms with Gasteiger partial charge in [-0.25, -0.2) is 0 Å². The molecule has 0 amide bonds. The highest BCUT2D eigenvalue weighted by molar-refractivity contribution is 9.10. The van der Waals surface area contributed by atoms with Crippen LogP contribution >= 0.6 is 28.1 Å². The summed E-state index contributed by atoms with van der Waals surface area (Å²) in [6.07, 6.45) is -4.47. The van der Waals surface area contributed by atoms with E-state index in [0.29, 0.717) is 10.2 Å². The van der Waals surface area contributed by atoms with Crippen LogP contribution in [0.2, 0.25) is 0 Å². The van der Waals surface area contributed by atoms with E-state index in [2.05, 4.69) is 15.9 Å². The molecule has 2 N–H and O–H groups in total. The zero-order valence-corrected chi connectivity index (χ0v) is 12.8. The van der Waals surface area contributed by atoms with Crippen molar-refractivity contribution >= 4 is 33.1 Å². The van der Waals surface area contributed by atoms with Gasteiger partial charge in [0, 0.05) is 0 Å². The SMILES string of the molecule is NC(=S)c1cc(C(F)(F)F)ccc1Oc1ccccc1Br. The lowest BCUT2D eigenvalue weighted by molar-refractivity contribution is -0.137. The van der Waals surface area contributed by atoms with Gasteiger partial charge in [0.05, 0.1) is 15.6 Å². The molecule has 0 aliphatic rings. The lowest BCUT2D eigenvalue weighted by Crippen LogP contribution is -2.13. The van der Waals surface area contributed by atoms with Crippen molar-refractivity contribution in [2.45, 2.75) is 6.18 Å². The van der Waals surface area contributed by atoms with Crippen molar-refractivity contribution in [1.29, 1.82) is 0 Å². The van der Waals surface area contributed by atoms with Crippen LogP contribution in [-0.4, -0.2) is 4.99 Å². The molecule has 0 aromatic heterocycles. The third-order valence-corrected chi connectivity index (χ3v) is 3.50. The maximum absolute atomic E-state index is 12.7. The van der Waals surface area contributed by atoms with Crippen LogP contribution in [0.3, 0.4) is 0 Å². The lowest BCUT2D eigenvalue weighted by Gasteiger charge is -2.14. The number of rotatable bonds is 3. The van der Waals surface area contributed by atoms with Crippen molar-refractivity contribution in [2.24, 2.45) is 5.73 Å². The number of hydrogen-bond acceptors (Lipinski definition) is 2. The zero-order chi connectivity index (χ0) is 15.6. The van der Waals surface area contributed by atoms with E-state index in [1.165, 1.54) is 6.07 Å². The van der Waals surface area contributed by atoms with E-state index in [-0.39, 0.29) is 16.3 Å². The summed E-state index contributed by atoms with van der Waals surface area (Å²) < 4.78 is 44.4. The highest BCUT2D eigenvalue weighted by Gasteiger charge is 2.31. The zero-order valence-electron chi connectivity index (χ0n) is 10.4. The monoisotopic (exact) mass is 375 g/mol. The van der Waals surface area contributed by atoms with Gasteiger partial charge >= 0.3 is 6.18 Å². The first-order chi connectivity index (χ1) is 9.79. The van der Waals surface area contributed by atoms with Crippen molar-refractivity contribution in [3.05, 3.63) is 58.1 Å². The summed E-state index contributed by atoms with van der Waals surface area (Å²) in [7, 11) is 0. The predicted octanol–water partition coefficient (Wildman–Crippen LogP) is 4.89. The van der Waals surface area contributed by atoms with Crippen molar-refractivity contribution in [1.82, 2.24) is 0 Å². The standard InChI is InChI=1S/C14H9BrF3NOS/c15-10-3-1-2-4-12(10)20-11-6-5-8(14(16,17)18)7-9(11)13(19)21/h1-7H,(H2,19,21). The molecule has 0 radical (unpaired) electrons. The molecule has 0 spiro atoms. The summed E-state index contributed by atoms with van der Waals surface area (Å²) in [4.78, 5) is -0.164. The summed E-state index contributed by atoms with van der Waals surface area (Å²) >= 11 is 8.09. The largest absolute Gasteiger partial charge is 0.455 e. The van der Waals surface area contributed by atoms with Crippen molar-refractivity contribution in [3.63, 3.8) is 0 Å². The molecule has 0 fully saturated rings. The molecular formula is C14H9BrF3NOS. The van der Waals surface area contributed by atoms with Gasteiger partial charge in [-0.2, -0.15) is 13.2 Å². The average Bonchev–Trinajstić information content (AvgIpc) is 2.40. The Balaban J connectivity index is 2.45. The molecule has 0 bridgehead atoms. The Bertz CT molecular complexity index is 688. The first-order valence-corrected chi connectivity index (χ1v) is 6.92. The second-order valence-electron chi connectivity index (χ2n) is 4.11. The quantitative estimate of drug-likeness (QED) is 0.775. The van der Waals surface area contributed by atoms with E-state index < -0.39 is 11.7 Å². The maximum Gasteiger partial charge on any atom is 0.416 e. The number of hydrogen-bond donors (Lipinski definition) is 1. The summed E-state index contributed by atoms with van der Waals surface area (Å²) in [5, 5.41) is 0. The Hall–Kier alpha value is -1.60. The highest BCUT2D eigenvalue weighted by Crippen LogP contribution is 2.35. The van der Waals surface area contributed by atoms with Crippen LogP contribution in [0.15, 0.2) is 46.9 Å². The molecule has 0 saturated heterocycles. The van der Waals surface area contributed by atoms with E-state index in [0.717, 1.165) is 12.1 Å². The molecule has 0 unspecified atom stereocenters. The summed E-state index contributed by atoms with van der Waals surface area (Å²) in [5.74, 6) is 0.622. The molecule has 2 nitrogen and oxygen atoms in total. The van der Waals surface area contributed by atoms with Crippen LogP contribution in [0.5, 0.6) is 11.5 Å². The fraction of sp³-hybridized carbons (Fsp3) is 0.0714. The van der Waals surface area contributed by atoms with E-state index in [1.807, 2.05) is 0 Å². The minimum absolute atomic E-state index is 0.0376. The van der Waals surface area contributed by atoms with Gasteiger partial charge < -0.3 is 10.5 Å². The highest BCUT2D eigenvalue weighted by atomic mass is 79.9. The minimum Gasteiger partial charge on any atom is -0.455 e. The number of halogens is 4. The van der Waals surface area contributed by atoms with E-state index in [4.69, 9.17) is 22.7 Å². The van der Waals surface area contributed by atoms with E-state index in [9.17, 15) is 13.2 Å². The first-order valence-electron chi connectivity index (χ1n) is 5.72. The predicted molar refractivity (Wildman–Crippen MR) is 81.5 cm³/mol. The van der Waals surface area contributed by atoms with Crippen LogP contribution < -0.4 is 10.5 Å². The molecule has 0 atom stereocenters. The molecule has 21 heavy (non-hydrogen) atoms. The number of nitrogens with two attached hydrogens (primary N) is 1. The Kier molecular flexibility index (Phi) is 4.53. The normalized spacial score (nSPS) is 11.2. The summed E-state index contributed by atoms with van der Waals surface area (Å²) in [6.45, 7) is 0. The van der Waals surface area contributed by atoms with Gasteiger partial charge in [-0.15, -0.1) is 0 Å². The van der Waals surface area contributed by atoms with Crippen molar-refractivity contribution in [2.75, 3.05) is 0 Å². The van der Waals surface area contributed by atoms with E-state index in [1.54, 1.807) is 24.3 Å². The number of benzene rings is 2. The molecule has 0 heterocycles. The number of para-hydroxylation sites is 1. The Morgan fingerprint density at radius 1 is 1.10 bits per heavy atom. The number of ether oxygens (including phenoxy) is 1. The molecule has 2 aromatic rings. The average molecular weight is 376 g/mol. The number of alkyl halides is 3. The fourth-order valence-corrected chi connectivity index (χ4v) is 2.16. The molecule has 0 aliphatic heterocycles. The molecule has 2 aromatic carbocycles. The van der Waals surface area contributed by atoms with Gasteiger partial charge in [-0.1, -0.05) is 24.4 Å². The molecule has 110 valence electrons. The maximum atomic E-state index is 12.7. The van der Waals surface area contributed by atoms with Crippen LogP contribution in [0.4, 0.5) is 13.2 Å². The smallest absolute Gasteiger partial charge is 0.416 e. The third-order valence-electron chi connectivity index (χ3n) is 2.63. The Morgan fingerprint density at radius 2 is 1.76 bits per heavy atom. The molecule has 7 heteroatoms. The minimum atomic E-state index is -4.47. The Labute approximate surface area is 132 Å². The van der Waals surface area contributed by atoms with Crippen LogP contribution in [0, 0.1) is 0 Å². The fourth-order valence-electron chi connectivity index (χ4n) is 1.63. The van der Waals surface area contributed by atoms with Crippen molar-refractivity contribution in [3.8, 4) is 11.5 Å². The molecular weight excluding hydrogens is 367 g/mol. The first kappa shape index (κ1) is 15.8. The van der Waals surface area contributed by atoms with Crippen molar-refractivity contribution < 1.29 is 17.9 Å². The van der Waals surface area contributed by atoms with Gasteiger partial charge in [0.25, 0.3) is 0 Å². The van der Waals surface area contributed by atoms with Gasteiger partial charge in [0.1, 0.15) is 16.5 Å². The second-order valence-corrected chi connectivity index (χ2v) is 5.40. The Morgan fingerprint density at radius 3 is 2.33 bits per heavy atom.